The van der Waals surface area contributed by atoms with Gasteiger partial charge in [-0.1, -0.05) is 30.3 Å². The molecule has 3 aromatic rings. The molecule has 1 N–H and O–H groups in total. The number of hydrogen-bond donors (Lipinski definition) is 1. The Hall–Kier alpha value is -2.46. The number of fused-ring (bicyclic) bond motifs is 1. The van der Waals surface area contributed by atoms with E-state index in [2.05, 4.69) is 27.4 Å². The van der Waals surface area contributed by atoms with Crippen molar-refractivity contribution >= 4 is 10.9 Å². The van der Waals surface area contributed by atoms with Gasteiger partial charge in [-0.15, -0.1) is 0 Å². The van der Waals surface area contributed by atoms with Crippen molar-refractivity contribution in [3.63, 3.8) is 0 Å². The zero-order chi connectivity index (χ0) is 15.2. The predicted octanol–water partition coefficient (Wildman–Crippen LogP) is 3.36. The van der Waals surface area contributed by atoms with Crippen LogP contribution in [-0.4, -0.2) is 23.6 Å². The van der Waals surface area contributed by atoms with E-state index in [1.807, 2.05) is 37.4 Å². The average Bonchev–Trinajstić information content (AvgIpc) is 2.59. The molecule has 0 spiro atoms. The number of pyridine rings is 2. The van der Waals surface area contributed by atoms with Gasteiger partial charge in [0.15, 0.2) is 0 Å². The van der Waals surface area contributed by atoms with Crippen molar-refractivity contribution in [2.24, 2.45) is 0 Å². The number of nitrogens with one attached hydrogen (secondary N) is 1. The molecule has 0 fully saturated rings. The van der Waals surface area contributed by atoms with Crippen molar-refractivity contribution in [1.29, 1.82) is 0 Å². The molecule has 0 saturated carbocycles. The zero-order valence-electron chi connectivity index (χ0n) is 12.6. The van der Waals surface area contributed by atoms with E-state index in [0.29, 0.717) is 0 Å². The third kappa shape index (κ3) is 3.23. The van der Waals surface area contributed by atoms with Gasteiger partial charge in [0, 0.05) is 18.0 Å². The number of aromatic nitrogens is 2. The molecule has 22 heavy (non-hydrogen) atoms. The van der Waals surface area contributed by atoms with Crippen LogP contribution in [0.25, 0.3) is 10.9 Å². The lowest BCUT2D eigenvalue weighted by Crippen LogP contribution is -2.16. The van der Waals surface area contributed by atoms with Crippen molar-refractivity contribution in [3.05, 3.63) is 66.6 Å². The van der Waals surface area contributed by atoms with Gasteiger partial charge in [-0.3, -0.25) is 9.97 Å². The first-order valence-electron chi connectivity index (χ1n) is 7.43. The molecule has 0 aliphatic heterocycles. The average molecular weight is 293 g/mol. The van der Waals surface area contributed by atoms with E-state index in [4.69, 9.17) is 4.74 Å². The number of rotatable bonds is 6. The maximum absolute atomic E-state index is 6.27. The first kappa shape index (κ1) is 14.5. The Morgan fingerprint density at radius 3 is 2.77 bits per heavy atom. The highest BCUT2D eigenvalue weighted by Gasteiger charge is 2.14. The summed E-state index contributed by atoms with van der Waals surface area (Å²) >= 11 is 0. The monoisotopic (exact) mass is 293 g/mol. The number of hydrogen-bond acceptors (Lipinski definition) is 4. The van der Waals surface area contributed by atoms with Crippen LogP contribution < -0.4 is 10.1 Å². The highest BCUT2D eigenvalue weighted by atomic mass is 16.5. The van der Waals surface area contributed by atoms with Gasteiger partial charge in [0.2, 0.25) is 0 Å². The Bertz CT molecular complexity index is 725. The van der Waals surface area contributed by atoms with Crippen molar-refractivity contribution in [1.82, 2.24) is 15.3 Å². The van der Waals surface area contributed by atoms with E-state index in [1.54, 1.807) is 18.6 Å². The molecule has 0 saturated heterocycles. The van der Waals surface area contributed by atoms with Crippen LogP contribution >= 0.6 is 0 Å². The Morgan fingerprint density at radius 1 is 1.09 bits per heavy atom. The zero-order valence-corrected chi connectivity index (χ0v) is 12.6. The summed E-state index contributed by atoms with van der Waals surface area (Å²) in [5, 5.41) is 4.17. The van der Waals surface area contributed by atoms with Crippen molar-refractivity contribution in [2.75, 3.05) is 13.6 Å². The smallest absolute Gasteiger partial charge is 0.147 e. The second-order valence-corrected chi connectivity index (χ2v) is 5.12. The normalized spacial score (nSPS) is 12.2. The molecule has 0 unspecified atom stereocenters. The molecular formula is C18H19N3O. The van der Waals surface area contributed by atoms with Gasteiger partial charge in [0.1, 0.15) is 11.9 Å². The predicted molar refractivity (Wildman–Crippen MR) is 87.9 cm³/mol. The summed E-state index contributed by atoms with van der Waals surface area (Å²) in [6, 6.07) is 14.2. The van der Waals surface area contributed by atoms with Crippen LogP contribution in [0.3, 0.4) is 0 Å². The highest BCUT2D eigenvalue weighted by molar-refractivity contribution is 5.83. The molecule has 2 aromatic heterocycles. The highest BCUT2D eigenvalue weighted by Crippen LogP contribution is 2.29. The Labute approximate surface area is 130 Å². The lowest BCUT2D eigenvalue weighted by molar-refractivity contribution is 0.197. The quantitative estimate of drug-likeness (QED) is 0.757. The molecule has 0 bridgehead atoms. The lowest BCUT2D eigenvalue weighted by atomic mass is 10.1. The van der Waals surface area contributed by atoms with Crippen LogP contribution in [-0.2, 0) is 0 Å². The van der Waals surface area contributed by atoms with E-state index in [-0.39, 0.29) is 6.10 Å². The molecule has 1 atom stereocenters. The number of nitrogens with zero attached hydrogens (tertiary/aromatic N) is 2. The minimum atomic E-state index is -0.0127. The third-order valence-electron chi connectivity index (χ3n) is 3.59. The van der Waals surface area contributed by atoms with Gasteiger partial charge >= 0.3 is 0 Å². The molecule has 112 valence electrons. The van der Waals surface area contributed by atoms with Crippen LogP contribution in [0.2, 0.25) is 0 Å². The van der Waals surface area contributed by atoms with Gasteiger partial charge in [0.25, 0.3) is 0 Å². The molecule has 4 heteroatoms. The second-order valence-electron chi connectivity index (χ2n) is 5.12. The summed E-state index contributed by atoms with van der Waals surface area (Å²) in [5.74, 6) is 0.774. The second kappa shape index (κ2) is 7.00. The lowest BCUT2D eigenvalue weighted by Gasteiger charge is -2.20. The SMILES string of the molecule is CNCC[C@@H](Oc1cncc2ncccc12)c1ccccc1. The standard InChI is InChI=1S/C18H19N3O/c1-19-11-9-17(14-6-3-2-4-7-14)22-18-13-20-12-16-15(18)8-5-10-21-16/h2-8,10,12-13,17,19H,9,11H2,1H3/t17-/m1/s1. The van der Waals surface area contributed by atoms with Gasteiger partial charge in [-0.2, -0.15) is 0 Å². The van der Waals surface area contributed by atoms with Crippen LogP contribution in [0.5, 0.6) is 5.75 Å². The van der Waals surface area contributed by atoms with Crippen LogP contribution in [0.1, 0.15) is 18.1 Å². The van der Waals surface area contributed by atoms with Gasteiger partial charge in [-0.25, -0.2) is 0 Å². The molecule has 0 aliphatic rings. The first-order chi connectivity index (χ1) is 10.9. The fourth-order valence-electron chi connectivity index (χ4n) is 2.46. The first-order valence-corrected chi connectivity index (χ1v) is 7.43. The fraction of sp³-hybridized carbons (Fsp3) is 0.222. The molecule has 0 aliphatic carbocycles. The van der Waals surface area contributed by atoms with Gasteiger partial charge < -0.3 is 10.1 Å². The summed E-state index contributed by atoms with van der Waals surface area (Å²) in [6.07, 6.45) is 6.16. The molecule has 2 heterocycles. The molecule has 0 amide bonds. The maximum atomic E-state index is 6.27. The Balaban J connectivity index is 1.92. The molecule has 1 aromatic carbocycles. The Morgan fingerprint density at radius 2 is 1.95 bits per heavy atom. The van der Waals surface area contributed by atoms with Crippen LogP contribution in [0, 0.1) is 0 Å². The topological polar surface area (TPSA) is 47.0 Å². The third-order valence-corrected chi connectivity index (χ3v) is 3.59. The van der Waals surface area contributed by atoms with Crippen LogP contribution in [0.4, 0.5) is 0 Å². The van der Waals surface area contributed by atoms with E-state index in [1.165, 1.54) is 5.56 Å². The van der Waals surface area contributed by atoms with Gasteiger partial charge in [0.05, 0.1) is 17.9 Å². The van der Waals surface area contributed by atoms with E-state index >= 15 is 0 Å². The Kier molecular flexibility index (Phi) is 4.61. The molecular weight excluding hydrogens is 274 g/mol. The molecule has 4 nitrogen and oxygen atoms in total. The van der Waals surface area contributed by atoms with E-state index in [9.17, 15) is 0 Å². The summed E-state index contributed by atoms with van der Waals surface area (Å²) in [5.41, 5.74) is 2.01. The summed E-state index contributed by atoms with van der Waals surface area (Å²) in [6.45, 7) is 0.885. The minimum absolute atomic E-state index is 0.0127. The summed E-state index contributed by atoms with van der Waals surface area (Å²) < 4.78 is 6.27. The largest absolute Gasteiger partial charge is 0.483 e. The van der Waals surface area contributed by atoms with Gasteiger partial charge in [-0.05, 0) is 31.3 Å². The minimum Gasteiger partial charge on any atom is -0.483 e. The molecule has 3 rings (SSSR count). The number of benzene rings is 1. The summed E-state index contributed by atoms with van der Waals surface area (Å²) in [4.78, 5) is 8.57. The number of ether oxygens (including phenoxy) is 1. The van der Waals surface area contributed by atoms with E-state index < -0.39 is 0 Å². The fourth-order valence-corrected chi connectivity index (χ4v) is 2.46. The van der Waals surface area contributed by atoms with E-state index in [0.717, 1.165) is 29.6 Å². The maximum Gasteiger partial charge on any atom is 0.147 e. The van der Waals surface area contributed by atoms with Crippen molar-refractivity contribution < 1.29 is 4.74 Å². The van der Waals surface area contributed by atoms with Crippen molar-refractivity contribution in [3.8, 4) is 5.75 Å². The van der Waals surface area contributed by atoms with Crippen LogP contribution in [0.15, 0.2) is 61.1 Å². The van der Waals surface area contributed by atoms with Crippen molar-refractivity contribution in [2.45, 2.75) is 12.5 Å². The molecule has 0 radical (unpaired) electrons. The summed E-state index contributed by atoms with van der Waals surface area (Å²) in [7, 11) is 1.95.